The fourth-order valence-electron chi connectivity index (χ4n) is 2.02. The summed E-state index contributed by atoms with van der Waals surface area (Å²) in [7, 11) is 0. The first-order valence-corrected chi connectivity index (χ1v) is 6.99. The lowest BCUT2D eigenvalue weighted by Crippen LogP contribution is -2.02. The maximum absolute atomic E-state index is 12.6. The van der Waals surface area contributed by atoms with Crippen LogP contribution in [-0.4, -0.2) is 5.78 Å². The maximum atomic E-state index is 12.6. The monoisotopic (exact) mass is 287 g/mol. The Morgan fingerprint density at radius 3 is 2.68 bits per heavy atom. The van der Waals surface area contributed by atoms with Crippen molar-refractivity contribution in [3.05, 3.63) is 64.0 Å². The quantitative estimate of drug-likeness (QED) is 0.562. The fraction of sp³-hybridized carbons (Fsp3) is 0. The number of anilines is 1. The molecule has 0 aliphatic heterocycles. The average molecular weight is 288 g/mol. The van der Waals surface area contributed by atoms with Gasteiger partial charge in [-0.15, -0.1) is 11.3 Å². The molecule has 1 aromatic heterocycles. The van der Waals surface area contributed by atoms with E-state index in [0.29, 0.717) is 21.8 Å². The van der Waals surface area contributed by atoms with Crippen LogP contribution in [0.4, 0.5) is 5.69 Å². The van der Waals surface area contributed by atoms with E-state index in [0.717, 1.165) is 10.1 Å². The number of hydrogen-bond donors (Lipinski definition) is 1. The standard InChI is InChI=1S/C15H10ClNOS/c16-14-10(5-3-6-12(14)17)15(18)11-8-19-13-7-2-1-4-9(11)13/h1-8H,17H2. The van der Waals surface area contributed by atoms with Crippen LogP contribution in [-0.2, 0) is 0 Å². The van der Waals surface area contributed by atoms with Gasteiger partial charge in [0.15, 0.2) is 5.78 Å². The lowest BCUT2D eigenvalue weighted by molar-refractivity contribution is 0.104. The van der Waals surface area contributed by atoms with Crippen molar-refractivity contribution in [1.29, 1.82) is 0 Å². The molecule has 0 radical (unpaired) electrons. The van der Waals surface area contributed by atoms with Gasteiger partial charge in [0.25, 0.3) is 0 Å². The molecule has 0 spiro atoms. The number of halogens is 1. The van der Waals surface area contributed by atoms with Crippen LogP contribution >= 0.6 is 22.9 Å². The molecule has 0 bridgehead atoms. The third-order valence-electron chi connectivity index (χ3n) is 3.00. The minimum Gasteiger partial charge on any atom is -0.398 e. The summed E-state index contributed by atoms with van der Waals surface area (Å²) < 4.78 is 1.09. The smallest absolute Gasteiger partial charge is 0.196 e. The van der Waals surface area contributed by atoms with Gasteiger partial charge in [0.05, 0.1) is 10.7 Å². The molecule has 2 N–H and O–H groups in total. The summed E-state index contributed by atoms with van der Waals surface area (Å²) in [5.41, 5.74) is 7.29. The van der Waals surface area contributed by atoms with Gasteiger partial charge >= 0.3 is 0 Å². The summed E-state index contributed by atoms with van der Waals surface area (Å²) in [5.74, 6) is -0.0882. The predicted octanol–water partition coefficient (Wildman–Crippen LogP) is 4.37. The van der Waals surface area contributed by atoms with Gasteiger partial charge in [-0.05, 0) is 18.2 Å². The van der Waals surface area contributed by atoms with E-state index >= 15 is 0 Å². The Bertz CT molecular complexity index is 779. The van der Waals surface area contributed by atoms with Crippen LogP contribution in [0.25, 0.3) is 10.1 Å². The largest absolute Gasteiger partial charge is 0.398 e. The normalized spacial score (nSPS) is 10.8. The van der Waals surface area contributed by atoms with E-state index in [-0.39, 0.29) is 5.78 Å². The Hall–Kier alpha value is -1.84. The third kappa shape index (κ3) is 2.01. The van der Waals surface area contributed by atoms with Gasteiger partial charge in [0, 0.05) is 26.6 Å². The van der Waals surface area contributed by atoms with Gasteiger partial charge in [0.1, 0.15) is 0 Å². The van der Waals surface area contributed by atoms with Crippen molar-refractivity contribution in [2.24, 2.45) is 0 Å². The summed E-state index contributed by atoms with van der Waals surface area (Å²) in [6, 6.07) is 13.0. The van der Waals surface area contributed by atoms with Crippen LogP contribution in [0, 0.1) is 0 Å². The lowest BCUT2D eigenvalue weighted by Gasteiger charge is -2.05. The molecule has 0 aliphatic rings. The van der Waals surface area contributed by atoms with Gasteiger partial charge in [-0.1, -0.05) is 35.9 Å². The third-order valence-corrected chi connectivity index (χ3v) is 4.38. The van der Waals surface area contributed by atoms with Crippen molar-refractivity contribution in [2.45, 2.75) is 0 Å². The van der Waals surface area contributed by atoms with E-state index in [4.69, 9.17) is 17.3 Å². The number of thiophene rings is 1. The molecule has 4 heteroatoms. The molecule has 0 saturated carbocycles. The highest BCUT2D eigenvalue weighted by molar-refractivity contribution is 7.17. The predicted molar refractivity (Wildman–Crippen MR) is 81.1 cm³/mol. The molecule has 0 aliphatic carbocycles. The molecule has 1 heterocycles. The van der Waals surface area contributed by atoms with E-state index < -0.39 is 0 Å². The number of benzene rings is 2. The molecule has 2 nitrogen and oxygen atoms in total. The summed E-state index contributed by atoms with van der Waals surface area (Å²) in [5, 5.41) is 3.14. The first-order chi connectivity index (χ1) is 9.18. The minimum absolute atomic E-state index is 0.0882. The van der Waals surface area contributed by atoms with Crippen LogP contribution in [0.5, 0.6) is 0 Å². The maximum Gasteiger partial charge on any atom is 0.196 e. The molecule has 3 aromatic rings. The second kappa shape index (κ2) is 4.68. The van der Waals surface area contributed by atoms with Crippen molar-refractivity contribution in [3.8, 4) is 0 Å². The molecular weight excluding hydrogens is 278 g/mol. The van der Waals surface area contributed by atoms with Crippen LogP contribution in [0.15, 0.2) is 47.8 Å². The van der Waals surface area contributed by atoms with Crippen LogP contribution < -0.4 is 5.73 Å². The molecule has 0 amide bonds. The Balaban J connectivity index is 2.17. The Morgan fingerprint density at radius 2 is 1.84 bits per heavy atom. The zero-order valence-corrected chi connectivity index (χ0v) is 11.5. The first kappa shape index (κ1) is 12.2. The van der Waals surface area contributed by atoms with E-state index in [1.54, 1.807) is 29.5 Å². The van der Waals surface area contributed by atoms with Crippen molar-refractivity contribution < 1.29 is 4.79 Å². The van der Waals surface area contributed by atoms with Crippen molar-refractivity contribution in [1.82, 2.24) is 0 Å². The zero-order chi connectivity index (χ0) is 13.4. The number of ketones is 1. The second-order valence-corrected chi connectivity index (χ2v) is 5.47. The topological polar surface area (TPSA) is 43.1 Å². The van der Waals surface area contributed by atoms with Crippen LogP contribution in [0.3, 0.4) is 0 Å². The van der Waals surface area contributed by atoms with E-state index in [2.05, 4.69) is 0 Å². The van der Waals surface area contributed by atoms with Gasteiger partial charge < -0.3 is 5.73 Å². The molecule has 2 aromatic carbocycles. The van der Waals surface area contributed by atoms with Crippen molar-refractivity contribution in [3.63, 3.8) is 0 Å². The minimum atomic E-state index is -0.0882. The number of carbonyl (C=O) groups excluding carboxylic acids is 1. The summed E-state index contributed by atoms with van der Waals surface area (Å²) in [4.78, 5) is 12.6. The molecule has 0 atom stereocenters. The molecule has 3 rings (SSSR count). The molecule has 0 unspecified atom stereocenters. The van der Waals surface area contributed by atoms with Crippen LogP contribution in [0.1, 0.15) is 15.9 Å². The number of fused-ring (bicyclic) bond motifs is 1. The molecule has 0 saturated heterocycles. The van der Waals surface area contributed by atoms with Gasteiger partial charge in [-0.3, -0.25) is 4.79 Å². The molecule has 19 heavy (non-hydrogen) atoms. The SMILES string of the molecule is Nc1cccc(C(=O)c2csc3ccccc23)c1Cl. The number of nitrogen functional groups attached to an aromatic ring is 1. The summed E-state index contributed by atoms with van der Waals surface area (Å²) >= 11 is 7.67. The van der Waals surface area contributed by atoms with Gasteiger partial charge in [0.2, 0.25) is 0 Å². The van der Waals surface area contributed by atoms with Crippen molar-refractivity contribution >= 4 is 44.5 Å². The highest BCUT2D eigenvalue weighted by Gasteiger charge is 2.17. The summed E-state index contributed by atoms with van der Waals surface area (Å²) in [6.45, 7) is 0. The number of hydrogen-bond acceptors (Lipinski definition) is 3. The highest BCUT2D eigenvalue weighted by atomic mass is 35.5. The number of carbonyl (C=O) groups is 1. The second-order valence-electron chi connectivity index (χ2n) is 4.18. The lowest BCUT2D eigenvalue weighted by atomic mass is 10.0. The number of rotatable bonds is 2. The first-order valence-electron chi connectivity index (χ1n) is 5.73. The van der Waals surface area contributed by atoms with Crippen LogP contribution in [0.2, 0.25) is 5.02 Å². The Morgan fingerprint density at radius 1 is 1.05 bits per heavy atom. The molecule has 94 valence electrons. The highest BCUT2D eigenvalue weighted by Crippen LogP contribution is 2.31. The molecule has 0 fully saturated rings. The van der Waals surface area contributed by atoms with E-state index in [9.17, 15) is 4.79 Å². The van der Waals surface area contributed by atoms with Gasteiger partial charge in [-0.25, -0.2) is 0 Å². The Kier molecular flexibility index (Phi) is 3.01. The van der Waals surface area contributed by atoms with E-state index in [1.165, 1.54) is 0 Å². The molecular formula is C15H10ClNOS. The van der Waals surface area contributed by atoms with Crippen molar-refractivity contribution in [2.75, 3.05) is 5.73 Å². The van der Waals surface area contributed by atoms with E-state index in [1.807, 2.05) is 29.6 Å². The average Bonchev–Trinajstić information content (AvgIpc) is 2.85. The van der Waals surface area contributed by atoms with Gasteiger partial charge in [-0.2, -0.15) is 0 Å². The summed E-state index contributed by atoms with van der Waals surface area (Å²) in [6.07, 6.45) is 0. The number of nitrogens with two attached hydrogens (primary N) is 1. The fourth-order valence-corrected chi connectivity index (χ4v) is 3.18. The zero-order valence-electron chi connectivity index (χ0n) is 9.89. The Labute approximate surface area is 119 Å².